The van der Waals surface area contributed by atoms with Gasteiger partial charge in [0.25, 0.3) is 0 Å². The predicted octanol–water partition coefficient (Wildman–Crippen LogP) is 19.0. The van der Waals surface area contributed by atoms with Gasteiger partial charge in [0, 0.05) is 28.5 Å². The lowest BCUT2D eigenvalue weighted by atomic mass is 9.80. The first-order valence-electron chi connectivity index (χ1n) is 26.0. The van der Waals surface area contributed by atoms with Crippen molar-refractivity contribution in [3.63, 3.8) is 0 Å². The zero-order chi connectivity index (χ0) is 48.9. The quantitative estimate of drug-likeness (QED) is 0.123. The van der Waals surface area contributed by atoms with Gasteiger partial charge in [-0.15, -0.1) is 0 Å². The number of hydrogen-bond acceptors (Lipinski definition) is 2. The highest BCUT2D eigenvalue weighted by Gasteiger charge is 2.24. The summed E-state index contributed by atoms with van der Waals surface area (Å²) >= 11 is 0. The highest BCUT2D eigenvalue weighted by atomic mass is 15.1. The Morgan fingerprint density at radius 2 is 1.07 bits per heavy atom. The van der Waals surface area contributed by atoms with Crippen molar-refractivity contribution in [2.75, 3.05) is 0 Å². The van der Waals surface area contributed by atoms with Crippen LogP contribution in [0.15, 0.2) is 243 Å². The Bertz CT molecular complexity index is 4640. The van der Waals surface area contributed by atoms with Crippen LogP contribution in [-0.4, -0.2) is 14.5 Å². The van der Waals surface area contributed by atoms with Crippen molar-refractivity contribution < 1.29 is 0 Å². The van der Waals surface area contributed by atoms with Crippen LogP contribution in [0.5, 0.6) is 0 Å². The SMILES string of the molecule is Cc1cc(C2=CCC(c3ccc4c(-c5cc6ccccc6c6ccccc56)c5ccccc5c(-c5cc6ccccc6c6ccccc56)c4c3)C=C2)nc(-c2ccc3c(c2)c2cccnc2n3C2C=CC=CC2)c1. The van der Waals surface area contributed by atoms with E-state index in [1.165, 1.54) is 114 Å². The fraction of sp³-hybridized carbons (Fsp3) is 0.0704. The number of nitrogens with zero attached hydrogens (tertiary/aromatic N) is 3. The molecule has 2 aliphatic rings. The number of allylic oxidation sites excluding steroid dienone is 8. The van der Waals surface area contributed by atoms with Crippen LogP contribution in [-0.2, 0) is 0 Å². The number of hydrogen-bond donors (Lipinski definition) is 0. The van der Waals surface area contributed by atoms with Crippen LogP contribution in [0.3, 0.4) is 0 Å². The molecule has 3 heterocycles. The average Bonchev–Trinajstić information content (AvgIpc) is 3.80. The Morgan fingerprint density at radius 3 is 1.73 bits per heavy atom. The molecule has 13 aromatic rings. The van der Waals surface area contributed by atoms with Crippen molar-refractivity contribution in [2.24, 2.45) is 0 Å². The Morgan fingerprint density at radius 1 is 0.459 bits per heavy atom. The smallest absolute Gasteiger partial charge is 0.141 e. The Labute approximate surface area is 429 Å². The van der Waals surface area contributed by atoms with Crippen LogP contribution in [0.25, 0.3) is 126 Å². The third-order valence-electron chi connectivity index (χ3n) is 16.1. The average molecular weight is 944 g/mol. The van der Waals surface area contributed by atoms with E-state index in [1.54, 1.807) is 0 Å². The van der Waals surface area contributed by atoms with Crippen molar-refractivity contribution in [1.82, 2.24) is 14.5 Å². The van der Waals surface area contributed by atoms with E-state index < -0.39 is 0 Å². The zero-order valence-corrected chi connectivity index (χ0v) is 41.0. The van der Waals surface area contributed by atoms with Crippen LogP contribution in [0, 0.1) is 6.92 Å². The summed E-state index contributed by atoms with van der Waals surface area (Å²) in [6, 6.07) is 72.7. The number of rotatable bonds is 6. The summed E-state index contributed by atoms with van der Waals surface area (Å²) in [5, 5.41) is 17.5. The van der Waals surface area contributed by atoms with Gasteiger partial charge in [-0.25, -0.2) is 9.97 Å². The third-order valence-corrected chi connectivity index (χ3v) is 16.1. The Kier molecular flexibility index (Phi) is 9.75. The number of benzene rings is 10. The molecule has 3 nitrogen and oxygen atoms in total. The molecule has 15 rings (SSSR count). The topological polar surface area (TPSA) is 30.7 Å². The Balaban J connectivity index is 0.870. The van der Waals surface area contributed by atoms with Gasteiger partial charge in [0.15, 0.2) is 0 Å². The molecule has 3 heteroatoms. The molecular weight excluding hydrogens is 895 g/mol. The molecule has 348 valence electrons. The van der Waals surface area contributed by atoms with Crippen molar-refractivity contribution in [1.29, 1.82) is 0 Å². The van der Waals surface area contributed by atoms with Crippen LogP contribution in [0.2, 0.25) is 0 Å². The summed E-state index contributed by atoms with van der Waals surface area (Å²) in [6.45, 7) is 2.19. The molecule has 0 saturated heterocycles. The van der Waals surface area contributed by atoms with E-state index in [1.807, 2.05) is 12.3 Å². The summed E-state index contributed by atoms with van der Waals surface area (Å²) in [7, 11) is 0. The number of aryl methyl sites for hydroxylation is 1. The fourth-order valence-corrected chi connectivity index (χ4v) is 12.7. The van der Waals surface area contributed by atoms with Crippen molar-refractivity contribution in [3.8, 4) is 33.5 Å². The molecule has 0 bridgehead atoms. The predicted molar refractivity (Wildman–Crippen MR) is 314 cm³/mol. The minimum absolute atomic E-state index is 0.188. The van der Waals surface area contributed by atoms with Gasteiger partial charge in [-0.2, -0.15) is 0 Å². The van der Waals surface area contributed by atoms with Gasteiger partial charge in [0.1, 0.15) is 5.65 Å². The molecule has 0 N–H and O–H groups in total. The lowest BCUT2D eigenvalue weighted by Crippen LogP contribution is -2.07. The van der Waals surface area contributed by atoms with Crippen molar-refractivity contribution >= 4 is 92.1 Å². The van der Waals surface area contributed by atoms with Gasteiger partial charge in [0.2, 0.25) is 0 Å². The Hall–Kier alpha value is -9.18. The van der Waals surface area contributed by atoms with Crippen LogP contribution < -0.4 is 0 Å². The van der Waals surface area contributed by atoms with E-state index in [-0.39, 0.29) is 12.0 Å². The highest BCUT2D eigenvalue weighted by molar-refractivity contribution is 6.28. The summed E-state index contributed by atoms with van der Waals surface area (Å²) in [5.74, 6) is 0.188. The maximum atomic E-state index is 5.39. The molecule has 0 fully saturated rings. The monoisotopic (exact) mass is 943 g/mol. The van der Waals surface area contributed by atoms with E-state index in [0.29, 0.717) is 0 Å². The highest BCUT2D eigenvalue weighted by Crippen LogP contribution is 2.50. The molecule has 0 aliphatic heterocycles. The normalized spacial score (nSPS) is 15.7. The zero-order valence-electron chi connectivity index (χ0n) is 41.0. The first-order chi connectivity index (χ1) is 36.6. The third kappa shape index (κ3) is 6.73. The van der Waals surface area contributed by atoms with Gasteiger partial charge in [-0.3, -0.25) is 0 Å². The second-order valence-corrected chi connectivity index (χ2v) is 20.4. The summed E-state index contributed by atoms with van der Waals surface area (Å²) < 4.78 is 2.40. The van der Waals surface area contributed by atoms with Gasteiger partial charge in [0.05, 0.1) is 22.9 Å². The molecule has 0 saturated carbocycles. The van der Waals surface area contributed by atoms with Crippen molar-refractivity contribution in [3.05, 3.63) is 260 Å². The van der Waals surface area contributed by atoms with Crippen molar-refractivity contribution in [2.45, 2.75) is 31.7 Å². The van der Waals surface area contributed by atoms with Gasteiger partial charge >= 0.3 is 0 Å². The largest absolute Gasteiger partial charge is 0.318 e. The first-order valence-corrected chi connectivity index (χ1v) is 26.0. The molecule has 0 radical (unpaired) electrons. The van der Waals surface area contributed by atoms with Gasteiger partial charge in [-0.1, -0.05) is 182 Å². The molecule has 2 unspecified atom stereocenters. The molecule has 74 heavy (non-hydrogen) atoms. The number of fused-ring (bicyclic) bond motifs is 11. The minimum atomic E-state index is 0.188. The van der Waals surface area contributed by atoms with E-state index in [4.69, 9.17) is 9.97 Å². The molecule has 10 aromatic carbocycles. The summed E-state index contributed by atoms with van der Waals surface area (Å²) in [5.41, 5.74) is 14.0. The maximum Gasteiger partial charge on any atom is 0.141 e. The van der Waals surface area contributed by atoms with Crippen LogP contribution >= 0.6 is 0 Å². The minimum Gasteiger partial charge on any atom is -0.318 e. The lowest BCUT2D eigenvalue weighted by Gasteiger charge is -2.23. The maximum absolute atomic E-state index is 5.39. The first kappa shape index (κ1) is 42.5. The fourth-order valence-electron chi connectivity index (χ4n) is 12.7. The molecule has 3 aromatic heterocycles. The summed E-state index contributed by atoms with van der Waals surface area (Å²) in [6.07, 6.45) is 19.7. The standard InChI is InChI=1S/C71H49N3/c1-44-38-66(73-67(39-44)50-34-36-68-62(43-50)61-28-15-37-72-71(61)74(68)51-18-3-2-4-19-51)46-31-29-45(30-32-46)47-33-35-60-65(40-47)70(64-42-49-17-6-8-21-53(49)55-23-10-12-25-57(55)64)59-27-14-13-26-58(59)69(60)63-41-48-16-5-7-20-52(48)54-22-9-11-24-56(54)63/h2-18,20-29,31-43,45,51H,19,30H2,1H3. The molecule has 2 aliphatic carbocycles. The number of aromatic nitrogens is 3. The summed E-state index contributed by atoms with van der Waals surface area (Å²) in [4.78, 5) is 10.3. The molecular formula is C71H49N3. The molecule has 0 amide bonds. The van der Waals surface area contributed by atoms with Gasteiger partial charge < -0.3 is 4.57 Å². The molecule has 0 spiro atoms. The van der Waals surface area contributed by atoms with Crippen LogP contribution in [0.4, 0.5) is 0 Å². The van der Waals surface area contributed by atoms with E-state index in [9.17, 15) is 0 Å². The number of pyridine rings is 2. The lowest BCUT2D eigenvalue weighted by molar-refractivity contribution is 0.643. The molecule has 2 atom stereocenters. The van der Waals surface area contributed by atoms with E-state index in [2.05, 4.69) is 242 Å². The second kappa shape index (κ2) is 17.0. The van der Waals surface area contributed by atoms with Crippen LogP contribution in [0.1, 0.15) is 41.6 Å². The second-order valence-electron chi connectivity index (χ2n) is 20.4. The van der Waals surface area contributed by atoms with E-state index in [0.717, 1.165) is 41.0 Å². The van der Waals surface area contributed by atoms with Gasteiger partial charge in [-0.05, 0) is 178 Å². The van der Waals surface area contributed by atoms with E-state index >= 15 is 0 Å².